The number of fused-ring (bicyclic) bond motifs is 1. The number of aromatic nitrogens is 2. The van der Waals surface area contributed by atoms with Gasteiger partial charge in [0.25, 0.3) is 0 Å². The third-order valence-corrected chi connectivity index (χ3v) is 4.07. The van der Waals surface area contributed by atoms with Crippen molar-refractivity contribution in [1.82, 2.24) is 9.97 Å². The zero-order valence-corrected chi connectivity index (χ0v) is 14.8. The molecule has 2 aromatic carbocycles. The van der Waals surface area contributed by atoms with E-state index in [2.05, 4.69) is 36.1 Å². The molecule has 0 fully saturated rings. The molecule has 0 bridgehead atoms. The maximum atomic E-state index is 14.1. The van der Waals surface area contributed by atoms with E-state index in [1.165, 1.54) is 6.07 Å². The third-order valence-electron chi connectivity index (χ3n) is 4.07. The molecule has 130 valence electrons. The first kappa shape index (κ1) is 17.3. The van der Waals surface area contributed by atoms with Crippen LogP contribution in [0.3, 0.4) is 0 Å². The summed E-state index contributed by atoms with van der Waals surface area (Å²) in [5.74, 6) is 0.312. The molecule has 3 aromatic rings. The molecule has 1 aromatic heterocycles. The number of nitrogens with zero attached hydrogens (tertiary/aromatic N) is 2. The first-order valence-corrected chi connectivity index (χ1v) is 8.41. The molecule has 3 rings (SSSR count). The highest BCUT2D eigenvalue weighted by atomic mass is 19.1. The van der Waals surface area contributed by atoms with Gasteiger partial charge in [-0.2, -0.15) is 0 Å². The Hall–Kier alpha value is -2.53. The van der Waals surface area contributed by atoms with E-state index >= 15 is 0 Å². The van der Waals surface area contributed by atoms with Gasteiger partial charge in [0, 0.05) is 29.5 Å². The minimum absolute atomic E-state index is 0.132. The van der Waals surface area contributed by atoms with Crippen LogP contribution < -0.4 is 11.1 Å². The van der Waals surface area contributed by atoms with E-state index in [1.54, 1.807) is 12.1 Å². The number of halogens is 1. The largest absolute Gasteiger partial charge is 0.353 e. The molecule has 0 aliphatic heterocycles. The van der Waals surface area contributed by atoms with Crippen LogP contribution in [0.5, 0.6) is 0 Å². The number of benzene rings is 2. The second-order valence-corrected chi connectivity index (χ2v) is 7.07. The summed E-state index contributed by atoms with van der Waals surface area (Å²) in [6, 6.07) is 12.7. The smallest absolute Gasteiger partial charge is 0.223 e. The van der Waals surface area contributed by atoms with Gasteiger partial charge in [-0.1, -0.05) is 45.0 Å². The summed E-state index contributed by atoms with van der Waals surface area (Å²) >= 11 is 0. The van der Waals surface area contributed by atoms with Gasteiger partial charge in [-0.05, 0) is 23.6 Å². The van der Waals surface area contributed by atoms with Gasteiger partial charge in [0.05, 0.1) is 11.4 Å². The molecular formula is C20H23FN4. The van der Waals surface area contributed by atoms with E-state index in [0.29, 0.717) is 24.4 Å². The molecule has 0 atom stereocenters. The molecule has 0 saturated heterocycles. The van der Waals surface area contributed by atoms with Gasteiger partial charge in [-0.15, -0.1) is 0 Å². The van der Waals surface area contributed by atoms with E-state index in [0.717, 1.165) is 22.3 Å². The quantitative estimate of drug-likeness (QED) is 0.751. The topological polar surface area (TPSA) is 63.8 Å². The second-order valence-electron chi connectivity index (χ2n) is 7.07. The van der Waals surface area contributed by atoms with Crippen LogP contribution in [0.4, 0.5) is 10.3 Å². The molecule has 0 aliphatic carbocycles. The molecular weight excluding hydrogens is 315 g/mol. The van der Waals surface area contributed by atoms with Gasteiger partial charge < -0.3 is 11.1 Å². The lowest BCUT2D eigenvalue weighted by molar-refractivity contribution is 0.568. The summed E-state index contributed by atoms with van der Waals surface area (Å²) in [6.45, 7) is 7.41. The number of hydrogen-bond donors (Lipinski definition) is 2. The van der Waals surface area contributed by atoms with E-state index in [1.807, 2.05) is 24.3 Å². The van der Waals surface area contributed by atoms with Crippen molar-refractivity contribution in [3.05, 3.63) is 54.0 Å². The molecule has 0 amide bonds. The Labute approximate surface area is 147 Å². The second kappa shape index (κ2) is 6.76. The van der Waals surface area contributed by atoms with Gasteiger partial charge in [0.1, 0.15) is 5.82 Å². The number of nitrogens with one attached hydrogen (secondary N) is 1. The molecule has 4 nitrogen and oxygen atoms in total. The molecule has 0 unspecified atom stereocenters. The summed E-state index contributed by atoms with van der Waals surface area (Å²) in [5.41, 5.74) is 8.03. The first-order valence-electron chi connectivity index (χ1n) is 8.41. The van der Waals surface area contributed by atoms with E-state index < -0.39 is 0 Å². The number of anilines is 1. The van der Waals surface area contributed by atoms with Crippen LogP contribution in [0, 0.1) is 5.82 Å². The maximum absolute atomic E-state index is 14.1. The first-order chi connectivity index (χ1) is 11.9. The Balaban J connectivity index is 2.21. The van der Waals surface area contributed by atoms with Crippen LogP contribution >= 0.6 is 0 Å². The Morgan fingerprint density at radius 3 is 2.44 bits per heavy atom. The number of hydrogen-bond acceptors (Lipinski definition) is 4. The lowest BCUT2D eigenvalue weighted by Gasteiger charge is -2.20. The molecule has 0 radical (unpaired) electrons. The van der Waals surface area contributed by atoms with Crippen molar-refractivity contribution in [3.8, 4) is 11.3 Å². The fourth-order valence-electron chi connectivity index (χ4n) is 2.72. The van der Waals surface area contributed by atoms with Crippen LogP contribution in [0.15, 0.2) is 42.5 Å². The molecule has 0 aliphatic rings. The van der Waals surface area contributed by atoms with Crippen molar-refractivity contribution >= 4 is 16.7 Å². The fourth-order valence-corrected chi connectivity index (χ4v) is 2.72. The third kappa shape index (κ3) is 3.61. The van der Waals surface area contributed by atoms with Crippen LogP contribution in [0.25, 0.3) is 22.0 Å². The van der Waals surface area contributed by atoms with Gasteiger partial charge in [0.2, 0.25) is 5.95 Å². The van der Waals surface area contributed by atoms with Crippen molar-refractivity contribution in [1.29, 1.82) is 0 Å². The van der Waals surface area contributed by atoms with Crippen molar-refractivity contribution in [3.63, 3.8) is 0 Å². The predicted octanol–water partition coefficient (Wildman–Crippen LogP) is 4.10. The fraction of sp³-hybridized carbons (Fsp3) is 0.300. The van der Waals surface area contributed by atoms with Crippen LogP contribution in [-0.2, 0) is 5.41 Å². The normalized spacial score (nSPS) is 11.7. The van der Waals surface area contributed by atoms with E-state index in [-0.39, 0.29) is 11.2 Å². The number of rotatable bonds is 4. The summed E-state index contributed by atoms with van der Waals surface area (Å²) in [7, 11) is 0. The summed E-state index contributed by atoms with van der Waals surface area (Å²) in [5, 5.41) is 4.58. The summed E-state index contributed by atoms with van der Waals surface area (Å²) in [4.78, 5) is 9.25. The van der Waals surface area contributed by atoms with Crippen LogP contribution in [0.1, 0.15) is 26.5 Å². The zero-order valence-electron chi connectivity index (χ0n) is 14.8. The summed E-state index contributed by atoms with van der Waals surface area (Å²) < 4.78 is 14.1. The van der Waals surface area contributed by atoms with Crippen LogP contribution in [0.2, 0.25) is 0 Å². The minimum Gasteiger partial charge on any atom is -0.353 e. The Kier molecular flexibility index (Phi) is 4.68. The highest BCUT2D eigenvalue weighted by Crippen LogP contribution is 2.32. The standard InChI is InChI=1S/C20H23FN4/c1-20(2,3)18-12-17(24-19(25-18)23-11-10-22)15-8-9-16(21)14-7-5-4-6-13(14)15/h4-9,12H,10-11,22H2,1-3H3,(H,23,24,25). The van der Waals surface area contributed by atoms with Gasteiger partial charge in [0.15, 0.2) is 0 Å². The van der Waals surface area contributed by atoms with Gasteiger partial charge in [-0.25, -0.2) is 14.4 Å². The van der Waals surface area contributed by atoms with E-state index in [4.69, 9.17) is 5.73 Å². The van der Waals surface area contributed by atoms with Crippen molar-refractivity contribution in [2.24, 2.45) is 5.73 Å². The summed E-state index contributed by atoms with van der Waals surface area (Å²) in [6.07, 6.45) is 0. The highest BCUT2D eigenvalue weighted by Gasteiger charge is 2.19. The Morgan fingerprint density at radius 2 is 1.76 bits per heavy atom. The van der Waals surface area contributed by atoms with Crippen LogP contribution in [-0.4, -0.2) is 23.1 Å². The predicted molar refractivity (Wildman–Crippen MR) is 101 cm³/mol. The monoisotopic (exact) mass is 338 g/mol. The number of nitrogens with two attached hydrogens (primary N) is 1. The molecule has 0 spiro atoms. The molecule has 25 heavy (non-hydrogen) atoms. The minimum atomic E-state index is -0.231. The maximum Gasteiger partial charge on any atom is 0.223 e. The van der Waals surface area contributed by atoms with Gasteiger partial charge in [-0.3, -0.25) is 0 Å². The molecule has 0 saturated carbocycles. The van der Waals surface area contributed by atoms with Crippen molar-refractivity contribution < 1.29 is 4.39 Å². The SMILES string of the molecule is CC(C)(C)c1cc(-c2ccc(F)c3ccccc23)nc(NCCN)n1. The molecule has 3 N–H and O–H groups in total. The molecule has 1 heterocycles. The Morgan fingerprint density at radius 1 is 1.04 bits per heavy atom. The van der Waals surface area contributed by atoms with Crippen molar-refractivity contribution in [2.75, 3.05) is 18.4 Å². The molecule has 5 heteroatoms. The highest BCUT2D eigenvalue weighted by molar-refractivity contribution is 5.96. The van der Waals surface area contributed by atoms with Crippen molar-refractivity contribution in [2.45, 2.75) is 26.2 Å². The lowest BCUT2D eigenvalue weighted by Crippen LogP contribution is -2.19. The average molecular weight is 338 g/mol. The van der Waals surface area contributed by atoms with Gasteiger partial charge >= 0.3 is 0 Å². The Bertz CT molecular complexity index is 900. The van der Waals surface area contributed by atoms with E-state index in [9.17, 15) is 4.39 Å². The lowest BCUT2D eigenvalue weighted by atomic mass is 9.90. The zero-order chi connectivity index (χ0) is 18.0. The average Bonchev–Trinajstić information content (AvgIpc) is 2.59.